The maximum Gasteiger partial charge on any atom is 0.251 e. The summed E-state index contributed by atoms with van der Waals surface area (Å²) in [6, 6.07) is 5.10. The fourth-order valence-corrected chi connectivity index (χ4v) is 1.26. The topological polar surface area (TPSA) is 69.1 Å². The largest absolute Gasteiger partial charge is 0.441 e. The first-order chi connectivity index (χ1) is 6.18. The third-order valence-corrected chi connectivity index (χ3v) is 1.79. The van der Waals surface area contributed by atoms with Crippen LogP contribution in [0.3, 0.4) is 0 Å². The van der Waals surface area contributed by atoms with Gasteiger partial charge in [0.05, 0.1) is 5.56 Å². The fraction of sp³-hybridized carbons (Fsp3) is 0.111. The zero-order valence-corrected chi connectivity index (χ0v) is 7.07. The van der Waals surface area contributed by atoms with E-state index in [-0.39, 0.29) is 0 Å². The highest BCUT2D eigenvalue weighted by Crippen LogP contribution is 2.18. The second-order valence-corrected chi connectivity index (χ2v) is 2.75. The van der Waals surface area contributed by atoms with E-state index in [0.29, 0.717) is 22.6 Å². The molecule has 0 saturated carbocycles. The lowest BCUT2D eigenvalue weighted by Crippen LogP contribution is -2.11. The van der Waals surface area contributed by atoms with Crippen molar-refractivity contribution in [1.29, 1.82) is 0 Å². The van der Waals surface area contributed by atoms with Crippen molar-refractivity contribution in [3.05, 3.63) is 29.7 Å². The van der Waals surface area contributed by atoms with Gasteiger partial charge < -0.3 is 10.2 Å². The van der Waals surface area contributed by atoms with Crippen LogP contribution in [0.25, 0.3) is 11.1 Å². The number of rotatable bonds is 1. The van der Waals surface area contributed by atoms with Crippen molar-refractivity contribution in [2.24, 2.45) is 5.73 Å². The van der Waals surface area contributed by atoms with Gasteiger partial charge in [0.2, 0.25) is 0 Å². The molecule has 0 aliphatic heterocycles. The Hall–Kier alpha value is -1.84. The standard InChI is InChI=1S/C9H8N2O2/c1-5-11-8-6(9(10)12)3-2-4-7(8)13-5/h2-4H,1H3,(H2,10,12). The molecule has 4 heteroatoms. The number of hydrogen-bond acceptors (Lipinski definition) is 3. The number of fused-ring (bicyclic) bond motifs is 1. The molecule has 2 aromatic rings. The second-order valence-electron chi connectivity index (χ2n) is 2.75. The average molecular weight is 176 g/mol. The van der Waals surface area contributed by atoms with Gasteiger partial charge >= 0.3 is 0 Å². The number of para-hydroxylation sites is 1. The van der Waals surface area contributed by atoms with E-state index in [9.17, 15) is 4.79 Å². The van der Waals surface area contributed by atoms with Crippen LogP contribution >= 0.6 is 0 Å². The van der Waals surface area contributed by atoms with Crippen LogP contribution in [0, 0.1) is 6.92 Å². The van der Waals surface area contributed by atoms with Gasteiger partial charge in [-0.15, -0.1) is 0 Å². The van der Waals surface area contributed by atoms with Crippen LogP contribution in [-0.2, 0) is 0 Å². The van der Waals surface area contributed by atoms with E-state index in [2.05, 4.69) is 4.98 Å². The molecule has 0 aliphatic rings. The zero-order valence-electron chi connectivity index (χ0n) is 7.07. The zero-order chi connectivity index (χ0) is 9.42. The normalized spacial score (nSPS) is 10.5. The Balaban J connectivity index is 2.82. The van der Waals surface area contributed by atoms with Crippen molar-refractivity contribution in [1.82, 2.24) is 4.98 Å². The van der Waals surface area contributed by atoms with Gasteiger partial charge in [-0.25, -0.2) is 4.98 Å². The van der Waals surface area contributed by atoms with Crippen molar-refractivity contribution >= 4 is 17.0 Å². The van der Waals surface area contributed by atoms with Gasteiger partial charge in [0.15, 0.2) is 11.5 Å². The summed E-state index contributed by atoms with van der Waals surface area (Å²) in [6.45, 7) is 1.73. The Morgan fingerprint density at radius 3 is 3.00 bits per heavy atom. The summed E-state index contributed by atoms with van der Waals surface area (Å²) in [5.41, 5.74) is 6.69. The lowest BCUT2D eigenvalue weighted by molar-refractivity contribution is 0.100. The summed E-state index contributed by atoms with van der Waals surface area (Å²) in [7, 11) is 0. The minimum absolute atomic E-state index is 0.398. The number of primary amides is 1. The van der Waals surface area contributed by atoms with E-state index in [1.54, 1.807) is 25.1 Å². The van der Waals surface area contributed by atoms with Gasteiger partial charge in [-0.2, -0.15) is 0 Å². The molecule has 1 heterocycles. The molecule has 0 aliphatic carbocycles. The molecular weight excluding hydrogens is 168 g/mol. The van der Waals surface area contributed by atoms with Crippen molar-refractivity contribution in [2.45, 2.75) is 6.92 Å². The number of carbonyl (C=O) groups is 1. The highest BCUT2D eigenvalue weighted by Gasteiger charge is 2.10. The molecule has 0 radical (unpaired) electrons. The molecule has 2 rings (SSSR count). The van der Waals surface area contributed by atoms with Crippen molar-refractivity contribution in [2.75, 3.05) is 0 Å². The minimum Gasteiger partial charge on any atom is -0.441 e. The molecular formula is C9H8N2O2. The number of hydrogen-bond donors (Lipinski definition) is 1. The molecule has 0 unspecified atom stereocenters. The lowest BCUT2D eigenvalue weighted by atomic mass is 10.2. The van der Waals surface area contributed by atoms with Gasteiger partial charge in [-0.3, -0.25) is 4.79 Å². The Morgan fingerprint density at radius 1 is 1.54 bits per heavy atom. The van der Waals surface area contributed by atoms with Gasteiger partial charge in [-0.05, 0) is 12.1 Å². The van der Waals surface area contributed by atoms with Crippen LogP contribution in [0.2, 0.25) is 0 Å². The number of aromatic nitrogens is 1. The molecule has 0 fully saturated rings. The maximum absolute atomic E-state index is 11.0. The number of amides is 1. The highest BCUT2D eigenvalue weighted by molar-refractivity contribution is 6.03. The Bertz CT molecular complexity index is 473. The molecule has 66 valence electrons. The molecule has 13 heavy (non-hydrogen) atoms. The highest BCUT2D eigenvalue weighted by atomic mass is 16.3. The Kier molecular flexibility index (Phi) is 1.55. The van der Waals surface area contributed by atoms with Crippen LogP contribution in [0.15, 0.2) is 22.6 Å². The summed E-state index contributed by atoms with van der Waals surface area (Å²) in [5, 5.41) is 0. The van der Waals surface area contributed by atoms with E-state index in [0.717, 1.165) is 0 Å². The van der Waals surface area contributed by atoms with Crippen LogP contribution < -0.4 is 5.73 Å². The predicted molar refractivity (Wildman–Crippen MR) is 47.3 cm³/mol. The van der Waals surface area contributed by atoms with Gasteiger partial charge in [0.1, 0.15) is 5.52 Å². The molecule has 0 saturated heterocycles. The summed E-state index contributed by atoms with van der Waals surface area (Å²) < 4.78 is 5.24. The van der Waals surface area contributed by atoms with Crippen LogP contribution in [0.4, 0.5) is 0 Å². The van der Waals surface area contributed by atoms with E-state index in [4.69, 9.17) is 10.2 Å². The number of aryl methyl sites for hydroxylation is 1. The SMILES string of the molecule is Cc1nc2c(C(N)=O)cccc2o1. The summed E-state index contributed by atoms with van der Waals surface area (Å²) in [4.78, 5) is 15.0. The van der Waals surface area contributed by atoms with Crippen molar-refractivity contribution < 1.29 is 9.21 Å². The first-order valence-corrected chi connectivity index (χ1v) is 3.84. The fourth-order valence-electron chi connectivity index (χ4n) is 1.26. The third-order valence-electron chi connectivity index (χ3n) is 1.79. The van der Waals surface area contributed by atoms with Gasteiger partial charge in [0.25, 0.3) is 5.91 Å². The molecule has 4 nitrogen and oxygen atoms in total. The molecule has 1 aromatic heterocycles. The quantitative estimate of drug-likeness (QED) is 0.710. The summed E-state index contributed by atoms with van der Waals surface area (Å²) in [5.74, 6) is 0.0441. The molecule has 0 atom stereocenters. The predicted octanol–water partition coefficient (Wildman–Crippen LogP) is 1.24. The first-order valence-electron chi connectivity index (χ1n) is 3.84. The number of benzene rings is 1. The molecule has 1 amide bonds. The summed E-state index contributed by atoms with van der Waals surface area (Å²) >= 11 is 0. The van der Waals surface area contributed by atoms with Crippen LogP contribution in [0.5, 0.6) is 0 Å². The first kappa shape index (κ1) is 7.79. The van der Waals surface area contributed by atoms with Crippen molar-refractivity contribution in [3.63, 3.8) is 0 Å². The molecule has 1 aromatic carbocycles. The molecule has 0 bridgehead atoms. The van der Waals surface area contributed by atoms with E-state index >= 15 is 0 Å². The number of oxazole rings is 1. The Labute approximate surface area is 74.4 Å². The molecule has 0 spiro atoms. The van der Waals surface area contributed by atoms with Gasteiger partial charge in [-0.1, -0.05) is 6.07 Å². The number of nitrogens with two attached hydrogens (primary N) is 1. The van der Waals surface area contributed by atoms with E-state index < -0.39 is 5.91 Å². The van der Waals surface area contributed by atoms with Crippen LogP contribution in [-0.4, -0.2) is 10.9 Å². The second kappa shape index (κ2) is 2.58. The molecule has 2 N–H and O–H groups in total. The van der Waals surface area contributed by atoms with E-state index in [1.165, 1.54) is 0 Å². The van der Waals surface area contributed by atoms with E-state index in [1.807, 2.05) is 0 Å². The van der Waals surface area contributed by atoms with Crippen molar-refractivity contribution in [3.8, 4) is 0 Å². The van der Waals surface area contributed by atoms with Gasteiger partial charge in [0, 0.05) is 6.92 Å². The number of carbonyl (C=O) groups excluding carboxylic acids is 1. The maximum atomic E-state index is 11.0. The average Bonchev–Trinajstić information content (AvgIpc) is 2.43. The summed E-state index contributed by atoms with van der Waals surface area (Å²) in [6.07, 6.45) is 0. The monoisotopic (exact) mass is 176 g/mol. The Morgan fingerprint density at radius 2 is 2.31 bits per heavy atom. The lowest BCUT2D eigenvalue weighted by Gasteiger charge is -1.93. The third kappa shape index (κ3) is 1.16. The smallest absolute Gasteiger partial charge is 0.251 e. The number of nitrogens with zero attached hydrogens (tertiary/aromatic N) is 1. The minimum atomic E-state index is -0.487. The van der Waals surface area contributed by atoms with Crippen LogP contribution in [0.1, 0.15) is 16.2 Å².